The number of hydrogen-bond acceptors (Lipinski definition) is 6. The summed E-state index contributed by atoms with van der Waals surface area (Å²) in [5.74, 6) is 0.545. The Morgan fingerprint density at radius 2 is 1.77 bits per heavy atom. The number of aliphatic hydroxyl groups is 1. The van der Waals surface area contributed by atoms with Crippen molar-refractivity contribution in [3.63, 3.8) is 0 Å². The first-order valence-electron chi connectivity index (χ1n) is 13.5. The molecule has 8 heteroatoms. The second-order valence-electron chi connectivity index (χ2n) is 9.86. The van der Waals surface area contributed by atoms with Gasteiger partial charge >= 0.3 is 0 Å². The Morgan fingerprint density at radius 3 is 2.52 bits per heavy atom. The number of aliphatic hydroxyl groups excluding tert-OH is 1. The van der Waals surface area contributed by atoms with Gasteiger partial charge in [-0.05, 0) is 41.8 Å². The number of methoxy groups -OCH3 is 1. The summed E-state index contributed by atoms with van der Waals surface area (Å²) in [6.45, 7) is 2.81. The number of rotatable bonds is 11. The van der Waals surface area contributed by atoms with Crippen LogP contribution in [0.2, 0.25) is 0 Å². The molecule has 1 aliphatic heterocycles. The van der Waals surface area contributed by atoms with E-state index in [1.807, 2.05) is 89.7 Å². The van der Waals surface area contributed by atoms with Crippen molar-refractivity contribution in [1.82, 2.24) is 15.0 Å². The van der Waals surface area contributed by atoms with Gasteiger partial charge < -0.3 is 14.6 Å². The van der Waals surface area contributed by atoms with Crippen molar-refractivity contribution in [2.24, 2.45) is 5.92 Å². The highest BCUT2D eigenvalue weighted by atomic mass is 16.5. The lowest BCUT2D eigenvalue weighted by Crippen LogP contribution is -2.35. The first-order chi connectivity index (χ1) is 19.6. The van der Waals surface area contributed by atoms with Crippen LogP contribution in [0.3, 0.4) is 0 Å². The van der Waals surface area contributed by atoms with Crippen molar-refractivity contribution in [1.29, 1.82) is 0 Å². The number of para-hydroxylation sites is 2. The zero-order chi connectivity index (χ0) is 27.9. The third kappa shape index (κ3) is 5.98. The molecule has 1 N–H and O–H groups in total. The molecule has 0 radical (unpaired) electrons. The summed E-state index contributed by atoms with van der Waals surface area (Å²) in [4.78, 5) is 14.4. The van der Waals surface area contributed by atoms with Crippen LogP contribution in [0, 0.1) is 5.92 Å². The molecule has 0 saturated carbocycles. The van der Waals surface area contributed by atoms with Crippen LogP contribution in [0.15, 0.2) is 97.2 Å². The molecule has 2 heterocycles. The van der Waals surface area contributed by atoms with E-state index in [0.29, 0.717) is 12.3 Å². The number of hydrogen-bond donors (Lipinski definition) is 1. The van der Waals surface area contributed by atoms with Crippen molar-refractivity contribution in [2.75, 3.05) is 25.2 Å². The van der Waals surface area contributed by atoms with E-state index in [4.69, 9.17) is 9.47 Å². The van der Waals surface area contributed by atoms with Gasteiger partial charge in [-0.25, -0.2) is 0 Å². The summed E-state index contributed by atoms with van der Waals surface area (Å²) in [7, 11) is 1.71. The number of anilines is 2. The van der Waals surface area contributed by atoms with E-state index in [1.54, 1.807) is 12.0 Å². The number of aromatic nitrogens is 3. The Kier molecular flexibility index (Phi) is 8.68. The lowest BCUT2D eigenvalue weighted by Gasteiger charge is -2.29. The summed E-state index contributed by atoms with van der Waals surface area (Å²) in [5.41, 5.74) is 4.36. The van der Waals surface area contributed by atoms with Gasteiger partial charge in [0.1, 0.15) is 5.75 Å². The molecular weight excluding hydrogens is 504 g/mol. The molecule has 40 heavy (non-hydrogen) atoms. The van der Waals surface area contributed by atoms with Crippen molar-refractivity contribution in [2.45, 2.75) is 31.9 Å². The summed E-state index contributed by atoms with van der Waals surface area (Å²) in [5, 5.41) is 18.4. The van der Waals surface area contributed by atoms with Crippen LogP contribution in [0.25, 0.3) is 0 Å². The molecule has 1 amide bonds. The third-order valence-corrected chi connectivity index (χ3v) is 7.18. The maximum atomic E-state index is 12.7. The van der Waals surface area contributed by atoms with Crippen molar-refractivity contribution < 1.29 is 19.4 Å². The predicted molar refractivity (Wildman–Crippen MR) is 154 cm³/mol. The quantitative estimate of drug-likeness (QED) is 0.256. The summed E-state index contributed by atoms with van der Waals surface area (Å²) in [6, 6.07) is 25.3. The molecule has 1 unspecified atom stereocenters. The number of allylic oxidation sites excluding steroid dienone is 1. The van der Waals surface area contributed by atoms with Gasteiger partial charge in [-0.15, -0.1) is 5.10 Å². The molecule has 0 aliphatic carbocycles. The van der Waals surface area contributed by atoms with E-state index in [2.05, 4.69) is 29.4 Å². The zero-order valence-corrected chi connectivity index (χ0v) is 22.8. The molecule has 0 bridgehead atoms. The van der Waals surface area contributed by atoms with Crippen LogP contribution in [0.4, 0.5) is 11.4 Å². The monoisotopic (exact) mass is 538 g/mol. The SMILES string of the molecule is CO[C@H](c1ccc(N2C(=O)COc3ccccc32)cc1)[C@H](C)/C=C/CCn1cc(C(CO)c2ccccc2)nn1. The molecule has 5 rings (SSSR count). The van der Waals surface area contributed by atoms with E-state index in [0.717, 1.165) is 34.6 Å². The topological polar surface area (TPSA) is 89.7 Å². The number of carbonyl (C=O) groups excluding carboxylic acids is 1. The highest BCUT2D eigenvalue weighted by Gasteiger charge is 2.27. The van der Waals surface area contributed by atoms with Crippen molar-refractivity contribution >= 4 is 17.3 Å². The molecular formula is C32H34N4O4. The number of benzene rings is 3. The van der Waals surface area contributed by atoms with Gasteiger partial charge in [0.15, 0.2) is 6.61 Å². The number of ether oxygens (including phenoxy) is 2. The number of aryl methyl sites for hydroxylation is 1. The molecule has 206 valence electrons. The minimum Gasteiger partial charge on any atom is -0.482 e. The fourth-order valence-corrected chi connectivity index (χ4v) is 5.11. The summed E-state index contributed by atoms with van der Waals surface area (Å²) >= 11 is 0. The van der Waals surface area contributed by atoms with Crippen LogP contribution in [0.1, 0.15) is 42.2 Å². The fraction of sp³-hybridized carbons (Fsp3) is 0.281. The molecule has 4 aromatic rings. The van der Waals surface area contributed by atoms with Gasteiger partial charge in [-0.1, -0.05) is 78.9 Å². The first kappa shape index (κ1) is 27.3. The largest absolute Gasteiger partial charge is 0.482 e. The molecule has 0 saturated heterocycles. The van der Waals surface area contributed by atoms with Crippen molar-refractivity contribution in [3.05, 3.63) is 114 Å². The first-order valence-corrected chi connectivity index (χ1v) is 13.5. The second-order valence-corrected chi connectivity index (χ2v) is 9.86. The number of fused-ring (bicyclic) bond motifs is 1. The maximum Gasteiger partial charge on any atom is 0.269 e. The van der Waals surface area contributed by atoms with E-state index in [1.165, 1.54) is 0 Å². The van der Waals surface area contributed by atoms with E-state index >= 15 is 0 Å². The minimum absolute atomic E-state index is 0.0183. The Hall–Kier alpha value is -4.27. The van der Waals surface area contributed by atoms with E-state index in [9.17, 15) is 9.90 Å². The van der Waals surface area contributed by atoms with Gasteiger partial charge in [-0.3, -0.25) is 14.4 Å². The van der Waals surface area contributed by atoms with Gasteiger partial charge in [-0.2, -0.15) is 0 Å². The van der Waals surface area contributed by atoms with Crippen LogP contribution in [-0.4, -0.2) is 46.3 Å². The highest BCUT2D eigenvalue weighted by molar-refractivity contribution is 6.04. The molecule has 0 fully saturated rings. The van der Waals surface area contributed by atoms with Gasteiger partial charge in [0, 0.05) is 31.5 Å². The fourth-order valence-electron chi connectivity index (χ4n) is 5.11. The maximum absolute atomic E-state index is 12.7. The molecule has 8 nitrogen and oxygen atoms in total. The molecule has 0 spiro atoms. The standard InChI is InChI=1S/C32H34N4O4/c1-23(10-8-9-19-35-20-28(33-34-35)27(21-37)24-11-4-3-5-12-24)32(39-2)25-15-17-26(18-16-25)36-29-13-6-7-14-30(29)40-22-31(36)38/h3-8,10-18,20,23,27,32,37H,9,19,21-22H2,1-2H3/b10-8+/t23-,27?,32+/m1/s1. The third-order valence-electron chi connectivity index (χ3n) is 7.18. The van der Waals surface area contributed by atoms with Crippen molar-refractivity contribution in [3.8, 4) is 5.75 Å². The van der Waals surface area contributed by atoms with Crippen LogP contribution < -0.4 is 9.64 Å². The zero-order valence-electron chi connectivity index (χ0n) is 22.8. The molecule has 1 aliphatic rings. The van der Waals surface area contributed by atoms with Gasteiger partial charge in [0.25, 0.3) is 5.91 Å². The Bertz CT molecular complexity index is 1430. The molecule has 3 aromatic carbocycles. The average Bonchev–Trinajstić information content (AvgIpc) is 3.45. The second kappa shape index (κ2) is 12.7. The van der Waals surface area contributed by atoms with Gasteiger partial charge in [0.2, 0.25) is 0 Å². The molecule has 1 aromatic heterocycles. The van der Waals surface area contributed by atoms with E-state index in [-0.39, 0.29) is 37.1 Å². The van der Waals surface area contributed by atoms with Crippen LogP contribution in [-0.2, 0) is 16.1 Å². The molecule has 3 atom stereocenters. The predicted octanol–water partition coefficient (Wildman–Crippen LogP) is 5.43. The van der Waals surface area contributed by atoms with E-state index < -0.39 is 0 Å². The summed E-state index contributed by atoms with van der Waals surface area (Å²) < 4.78 is 13.2. The minimum atomic E-state index is -0.185. The Balaban J connectivity index is 1.19. The smallest absolute Gasteiger partial charge is 0.269 e. The lowest BCUT2D eigenvalue weighted by molar-refractivity contribution is -0.120. The number of amides is 1. The lowest BCUT2D eigenvalue weighted by atomic mass is 9.96. The Morgan fingerprint density at radius 1 is 1.02 bits per heavy atom. The Labute approximate surface area is 234 Å². The number of nitrogens with zero attached hydrogens (tertiary/aromatic N) is 4. The normalized spacial score (nSPS) is 15.5. The van der Waals surface area contributed by atoms with Crippen LogP contribution >= 0.6 is 0 Å². The van der Waals surface area contributed by atoms with Gasteiger partial charge in [0.05, 0.1) is 30.0 Å². The highest BCUT2D eigenvalue weighted by Crippen LogP contribution is 2.37. The summed E-state index contributed by atoms with van der Waals surface area (Å²) in [6.07, 6.45) is 6.85. The average molecular weight is 539 g/mol. The van der Waals surface area contributed by atoms with Crippen LogP contribution in [0.5, 0.6) is 5.75 Å². The number of carbonyl (C=O) groups is 1.